The molecule has 0 spiro atoms. The van der Waals surface area contributed by atoms with E-state index in [1.165, 1.54) is 23.8 Å². The number of methoxy groups -OCH3 is 1. The van der Waals surface area contributed by atoms with E-state index in [0.29, 0.717) is 16.3 Å². The van der Waals surface area contributed by atoms with Crippen molar-refractivity contribution in [2.75, 3.05) is 19.4 Å². The monoisotopic (exact) mass is 505 g/mol. The number of aliphatic hydroxyl groups excluding tert-OH is 2. The summed E-state index contributed by atoms with van der Waals surface area (Å²) in [4.78, 5) is 43.0. The second kappa shape index (κ2) is 9.82. The lowest BCUT2D eigenvalue weighted by molar-refractivity contribution is -0.162. The van der Waals surface area contributed by atoms with E-state index >= 15 is 0 Å². The summed E-state index contributed by atoms with van der Waals surface area (Å²) in [6.07, 6.45) is 0.0665. The van der Waals surface area contributed by atoms with E-state index in [2.05, 4.69) is 10.3 Å². The van der Waals surface area contributed by atoms with E-state index in [1.807, 2.05) is 0 Å². The van der Waals surface area contributed by atoms with Gasteiger partial charge in [0, 0.05) is 18.5 Å². The number of fused-ring (bicyclic) bond motifs is 1. The van der Waals surface area contributed by atoms with Crippen LogP contribution in [0, 0.1) is 5.41 Å². The number of nitrogens with one attached hydrogen (secondary N) is 1. The third kappa shape index (κ3) is 4.45. The first-order valence-corrected chi connectivity index (χ1v) is 12.2. The van der Waals surface area contributed by atoms with Crippen molar-refractivity contribution < 1.29 is 34.4 Å². The Morgan fingerprint density at radius 1 is 1.26 bits per heavy atom. The Hall–Kier alpha value is -2.80. The maximum Gasteiger partial charge on any atom is 0.315 e. The molecule has 2 amide bonds. The number of aliphatic carboxylic acids is 1. The molecule has 5 atom stereocenters. The third-order valence-electron chi connectivity index (χ3n) is 5.85. The van der Waals surface area contributed by atoms with Gasteiger partial charge in [-0.2, -0.15) is 0 Å². The van der Waals surface area contributed by atoms with Crippen LogP contribution in [0.25, 0.3) is 0 Å². The highest BCUT2D eigenvalue weighted by molar-refractivity contribution is 8.01. The van der Waals surface area contributed by atoms with Crippen LogP contribution in [0.5, 0.6) is 5.75 Å². The summed E-state index contributed by atoms with van der Waals surface area (Å²) >= 11 is 2.09. The Morgan fingerprint density at radius 3 is 2.62 bits per heavy atom. The summed E-state index contributed by atoms with van der Waals surface area (Å²) in [5, 5.41) is 33.6. The van der Waals surface area contributed by atoms with Gasteiger partial charge in [-0.05, 0) is 29.8 Å². The Bertz CT molecular complexity index is 1070. The number of carbonyl (C=O) groups is 3. The summed E-state index contributed by atoms with van der Waals surface area (Å²) in [7, 11) is 1.50. The number of aromatic nitrogens is 1. The molecule has 4 unspecified atom stereocenters. The van der Waals surface area contributed by atoms with Crippen LogP contribution in [-0.2, 0) is 14.4 Å². The van der Waals surface area contributed by atoms with Crippen molar-refractivity contribution in [2.24, 2.45) is 5.41 Å². The fraction of sp³-hybridized carbons (Fsp3) is 0.364. The van der Waals surface area contributed by atoms with E-state index in [-0.39, 0.29) is 12.3 Å². The summed E-state index contributed by atoms with van der Waals surface area (Å²) in [5.74, 6) is -1.81. The molecule has 2 aromatic rings. The maximum absolute atomic E-state index is 12.8. The van der Waals surface area contributed by atoms with Crippen molar-refractivity contribution in [2.45, 2.75) is 28.0 Å². The average molecular weight is 506 g/mol. The van der Waals surface area contributed by atoms with Crippen LogP contribution in [0.1, 0.15) is 11.7 Å². The Balaban J connectivity index is 1.41. The number of pyridine rings is 1. The van der Waals surface area contributed by atoms with Crippen molar-refractivity contribution in [1.29, 1.82) is 0 Å². The molecule has 0 saturated carbocycles. The van der Waals surface area contributed by atoms with Crippen LogP contribution >= 0.6 is 23.5 Å². The molecule has 2 fully saturated rings. The number of ether oxygens (including phenoxy) is 1. The van der Waals surface area contributed by atoms with Gasteiger partial charge in [-0.25, -0.2) is 4.98 Å². The van der Waals surface area contributed by atoms with E-state index in [0.717, 1.165) is 11.8 Å². The number of benzene rings is 1. The highest BCUT2D eigenvalue weighted by Crippen LogP contribution is 2.47. The van der Waals surface area contributed by atoms with Gasteiger partial charge >= 0.3 is 5.97 Å². The lowest BCUT2D eigenvalue weighted by Gasteiger charge is -2.54. The molecule has 0 aliphatic carbocycles. The molecule has 0 bridgehead atoms. The zero-order chi connectivity index (χ0) is 24.5. The molecule has 4 N–H and O–H groups in total. The molecule has 2 aliphatic rings. The Labute approximate surface area is 203 Å². The van der Waals surface area contributed by atoms with Crippen molar-refractivity contribution >= 4 is 41.3 Å². The van der Waals surface area contributed by atoms with Gasteiger partial charge in [0.2, 0.25) is 5.91 Å². The van der Waals surface area contributed by atoms with Gasteiger partial charge in [0.1, 0.15) is 28.0 Å². The Morgan fingerprint density at radius 2 is 2.00 bits per heavy atom. The first-order valence-electron chi connectivity index (χ1n) is 10.3. The number of carboxylic acid groups (broad SMARTS) is 1. The highest BCUT2D eigenvalue weighted by Gasteiger charge is 2.60. The minimum absolute atomic E-state index is 0.0329. The van der Waals surface area contributed by atoms with Gasteiger partial charge in [0.05, 0.1) is 12.1 Å². The Kier molecular flexibility index (Phi) is 7.03. The second-order valence-corrected chi connectivity index (χ2v) is 10.1. The number of hydrogen-bond donors (Lipinski definition) is 4. The van der Waals surface area contributed by atoms with Crippen LogP contribution in [-0.4, -0.2) is 79.2 Å². The lowest BCUT2D eigenvalue weighted by atomic mass is 9.87. The number of rotatable bonds is 8. The van der Waals surface area contributed by atoms with Crippen LogP contribution in [0.2, 0.25) is 0 Å². The number of nitrogens with zero attached hydrogens (tertiary/aromatic N) is 2. The summed E-state index contributed by atoms with van der Waals surface area (Å²) in [5.41, 5.74) is -2.60. The number of thioether (sulfide) groups is 2. The van der Waals surface area contributed by atoms with Gasteiger partial charge in [-0.15, -0.1) is 11.8 Å². The topological polar surface area (TPSA) is 149 Å². The molecule has 1 aromatic carbocycles. The summed E-state index contributed by atoms with van der Waals surface area (Å²) in [6.45, 7) is -0.201. The number of β-lactam (4-membered cyclic amide) rings is 1. The number of amides is 2. The van der Waals surface area contributed by atoms with E-state index in [9.17, 15) is 29.7 Å². The molecule has 3 heterocycles. The number of carbonyl (C=O) groups excluding carboxylic acids is 2. The third-order valence-corrected chi connectivity index (χ3v) is 8.56. The zero-order valence-electron chi connectivity index (χ0n) is 18.0. The molecule has 2 aliphatic heterocycles. The van der Waals surface area contributed by atoms with E-state index in [4.69, 9.17) is 4.74 Å². The van der Waals surface area contributed by atoms with Crippen molar-refractivity contribution in [3.05, 3.63) is 54.2 Å². The van der Waals surface area contributed by atoms with Crippen molar-refractivity contribution in [3.63, 3.8) is 0 Å². The zero-order valence-corrected chi connectivity index (χ0v) is 19.7. The fourth-order valence-electron chi connectivity index (χ4n) is 3.79. The first-order chi connectivity index (χ1) is 16.3. The normalized spacial score (nSPS) is 25.5. The molecule has 0 radical (unpaired) electrons. The quantitative estimate of drug-likeness (QED) is 0.229. The van der Waals surface area contributed by atoms with Gasteiger partial charge in [0.25, 0.3) is 5.91 Å². The molecular weight excluding hydrogens is 482 g/mol. The predicted octanol–water partition coefficient (Wildman–Crippen LogP) is 0.705. The molecule has 2 saturated heterocycles. The smallest absolute Gasteiger partial charge is 0.315 e. The second-order valence-electron chi connectivity index (χ2n) is 7.93. The fourth-order valence-corrected chi connectivity index (χ4v) is 6.47. The molecule has 10 nitrogen and oxygen atoms in total. The van der Waals surface area contributed by atoms with Crippen LogP contribution in [0.15, 0.2) is 53.7 Å². The summed E-state index contributed by atoms with van der Waals surface area (Å²) < 4.78 is 5.06. The molecule has 12 heteroatoms. The molecular formula is C22H23N3O7S2. The minimum atomic E-state index is -1.60. The van der Waals surface area contributed by atoms with Crippen molar-refractivity contribution in [3.8, 4) is 5.75 Å². The predicted molar refractivity (Wildman–Crippen MR) is 124 cm³/mol. The standard InChI is InChI=1S/C22H23N3O7S2/c1-32-13-7-5-12(6-8-13)16(26)17(27)24-15-18(28)25-10-22(20(29)30,11-33-19(15)25)21(31)34-14-4-2-3-9-23-14/h2-9,15-16,19,21,26,31H,10-11H2,1H3,(H,24,27)(H,29,30)/t15?,16?,19-,21?,22?/m1/s1. The molecule has 4 rings (SSSR count). The molecule has 34 heavy (non-hydrogen) atoms. The lowest BCUT2D eigenvalue weighted by Crippen LogP contribution is -2.74. The van der Waals surface area contributed by atoms with Gasteiger partial charge in [-0.3, -0.25) is 14.4 Å². The van der Waals surface area contributed by atoms with Gasteiger partial charge in [0.15, 0.2) is 6.10 Å². The average Bonchev–Trinajstić information content (AvgIpc) is 2.86. The SMILES string of the molecule is COc1ccc(C(O)C(=O)NC2C(=O)N3CC(C(=O)O)(C(O)Sc4ccccn4)CS[C@H]23)cc1. The largest absolute Gasteiger partial charge is 0.497 e. The van der Waals surface area contributed by atoms with Crippen LogP contribution in [0.4, 0.5) is 0 Å². The van der Waals surface area contributed by atoms with Gasteiger partial charge in [-0.1, -0.05) is 30.0 Å². The van der Waals surface area contributed by atoms with E-state index < -0.39 is 46.2 Å². The summed E-state index contributed by atoms with van der Waals surface area (Å²) in [6, 6.07) is 10.5. The van der Waals surface area contributed by atoms with E-state index in [1.54, 1.807) is 48.7 Å². The van der Waals surface area contributed by atoms with Crippen LogP contribution in [0.3, 0.4) is 0 Å². The molecule has 180 valence electrons. The van der Waals surface area contributed by atoms with Crippen LogP contribution < -0.4 is 10.1 Å². The van der Waals surface area contributed by atoms with Crippen molar-refractivity contribution in [1.82, 2.24) is 15.2 Å². The minimum Gasteiger partial charge on any atom is -0.497 e. The number of aliphatic hydroxyl groups is 2. The maximum atomic E-state index is 12.8. The number of carboxylic acids is 1. The number of hydrogen-bond acceptors (Lipinski definition) is 9. The highest BCUT2D eigenvalue weighted by atomic mass is 32.2. The van der Waals surface area contributed by atoms with Gasteiger partial charge < -0.3 is 30.3 Å². The first kappa shape index (κ1) is 24.3. The molecule has 1 aromatic heterocycles.